The zero-order valence-corrected chi connectivity index (χ0v) is 11.6. The molecule has 0 aliphatic heterocycles. The van der Waals surface area contributed by atoms with Gasteiger partial charge in [0, 0.05) is 11.9 Å². The first-order valence-corrected chi connectivity index (χ1v) is 8.37. The minimum absolute atomic E-state index is 0.113. The van der Waals surface area contributed by atoms with E-state index in [9.17, 15) is 16.8 Å². The summed E-state index contributed by atoms with van der Waals surface area (Å²) in [6, 6.07) is 1.43. The average Bonchev–Trinajstić information content (AvgIpc) is 2.06. The van der Waals surface area contributed by atoms with Gasteiger partial charge in [-0.25, -0.2) is 16.8 Å². The Morgan fingerprint density at radius 2 is 1.53 bits per heavy atom. The molecule has 0 bridgehead atoms. The van der Waals surface area contributed by atoms with Crippen molar-refractivity contribution in [3.8, 4) is 0 Å². The molecular formula is C9H14N2O4S2. The highest BCUT2D eigenvalue weighted by Gasteiger charge is 2.28. The van der Waals surface area contributed by atoms with Gasteiger partial charge in [0.25, 0.3) is 0 Å². The summed E-state index contributed by atoms with van der Waals surface area (Å²) in [6.45, 7) is 3.26. The van der Waals surface area contributed by atoms with Crippen LogP contribution in [0, 0.1) is 13.8 Å². The molecule has 1 heterocycles. The van der Waals surface area contributed by atoms with Crippen LogP contribution in [0.4, 0.5) is 5.69 Å². The molecule has 1 aromatic rings. The first kappa shape index (κ1) is 13.9. The summed E-state index contributed by atoms with van der Waals surface area (Å²) < 4.78 is 46.7. The smallest absolute Gasteiger partial charge is 0.245 e. The Hall–Kier alpha value is -1.15. The molecule has 1 rings (SSSR count). The lowest BCUT2D eigenvalue weighted by molar-refractivity contribution is 0.590. The van der Waals surface area contributed by atoms with Crippen LogP contribution in [0.15, 0.2) is 12.3 Å². The van der Waals surface area contributed by atoms with Crippen molar-refractivity contribution in [2.24, 2.45) is 0 Å². The predicted molar refractivity (Wildman–Crippen MR) is 65.9 cm³/mol. The van der Waals surface area contributed by atoms with Gasteiger partial charge < -0.3 is 0 Å². The summed E-state index contributed by atoms with van der Waals surface area (Å²) in [5.41, 5.74) is 1.14. The maximum atomic E-state index is 11.6. The predicted octanol–water partition coefficient (Wildman–Crippen LogP) is 0.424. The molecule has 0 aliphatic carbocycles. The van der Waals surface area contributed by atoms with E-state index in [1.807, 2.05) is 0 Å². The molecule has 17 heavy (non-hydrogen) atoms. The largest absolute Gasteiger partial charge is 0.261 e. The maximum Gasteiger partial charge on any atom is 0.245 e. The molecule has 8 heteroatoms. The van der Waals surface area contributed by atoms with Crippen molar-refractivity contribution in [3.05, 3.63) is 23.5 Å². The lowest BCUT2D eigenvalue weighted by Crippen LogP contribution is -2.35. The van der Waals surface area contributed by atoms with Crippen LogP contribution in [-0.2, 0) is 20.0 Å². The summed E-state index contributed by atoms with van der Waals surface area (Å²) in [5.74, 6) is 0. The highest BCUT2D eigenvalue weighted by Crippen LogP contribution is 2.25. The van der Waals surface area contributed by atoms with E-state index in [0.29, 0.717) is 15.0 Å². The van der Waals surface area contributed by atoms with Gasteiger partial charge in [-0.05, 0) is 25.5 Å². The first-order valence-electron chi connectivity index (χ1n) is 4.67. The summed E-state index contributed by atoms with van der Waals surface area (Å²) in [4.78, 5) is 3.97. The van der Waals surface area contributed by atoms with E-state index in [2.05, 4.69) is 4.98 Å². The number of aromatic nitrogens is 1. The molecule has 0 spiro atoms. The number of sulfonamides is 2. The Bertz CT molecular complexity index is 603. The molecule has 96 valence electrons. The summed E-state index contributed by atoms with van der Waals surface area (Å²) in [7, 11) is -7.79. The van der Waals surface area contributed by atoms with Gasteiger partial charge >= 0.3 is 0 Å². The monoisotopic (exact) mass is 278 g/mol. The van der Waals surface area contributed by atoms with Crippen molar-refractivity contribution in [2.75, 3.05) is 16.2 Å². The number of aryl methyl sites for hydroxylation is 2. The van der Waals surface area contributed by atoms with Gasteiger partial charge in [-0.2, -0.15) is 3.71 Å². The first-order chi connectivity index (χ1) is 7.53. The molecule has 0 saturated heterocycles. The van der Waals surface area contributed by atoms with Crippen LogP contribution in [0.1, 0.15) is 11.3 Å². The molecule has 6 nitrogen and oxygen atoms in total. The van der Waals surface area contributed by atoms with Gasteiger partial charge in [-0.15, -0.1) is 0 Å². The highest BCUT2D eigenvalue weighted by atomic mass is 32.3. The Labute approximate surface area is 101 Å². The molecule has 0 N–H and O–H groups in total. The van der Waals surface area contributed by atoms with E-state index < -0.39 is 20.0 Å². The molecule has 0 fully saturated rings. The number of hydrogen-bond acceptors (Lipinski definition) is 5. The molecule has 0 saturated carbocycles. The maximum absolute atomic E-state index is 11.6. The van der Waals surface area contributed by atoms with Gasteiger partial charge in [0.05, 0.1) is 18.2 Å². The molecule has 0 aliphatic rings. The standard InChI is InChI=1S/C9H14N2O4S2/c1-7-6-10-8(2)5-9(7)11(16(3,12)13)17(4,14)15/h5-6H,1-4H3. The number of nitrogens with zero attached hydrogens (tertiary/aromatic N) is 2. The Balaban J connectivity index is 3.61. The number of anilines is 1. The molecule has 0 aromatic carbocycles. The van der Waals surface area contributed by atoms with E-state index in [-0.39, 0.29) is 5.69 Å². The van der Waals surface area contributed by atoms with E-state index in [1.54, 1.807) is 13.8 Å². The second kappa shape index (κ2) is 4.26. The van der Waals surface area contributed by atoms with E-state index >= 15 is 0 Å². The molecule has 0 amide bonds. The number of pyridine rings is 1. The van der Waals surface area contributed by atoms with Crippen LogP contribution < -0.4 is 3.71 Å². The van der Waals surface area contributed by atoms with E-state index in [1.165, 1.54) is 12.3 Å². The second-order valence-corrected chi connectivity index (χ2v) is 7.73. The Kier molecular flexibility index (Phi) is 3.49. The highest BCUT2D eigenvalue weighted by molar-refractivity contribution is 8.09. The number of hydrogen-bond donors (Lipinski definition) is 0. The molecule has 0 unspecified atom stereocenters. The summed E-state index contributed by atoms with van der Waals surface area (Å²) in [6.07, 6.45) is 3.14. The fourth-order valence-electron chi connectivity index (χ4n) is 1.41. The third-order valence-corrected chi connectivity index (χ3v) is 5.23. The Morgan fingerprint density at radius 1 is 1.06 bits per heavy atom. The van der Waals surface area contributed by atoms with Crippen molar-refractivity contribution in [1.29, 1.82) is 0 Å². The zero-order valence-electron chi connectivity index (χ0n) is 10.00. The third-order valence-electron chi connectivity index (χ3n) is 2.01. The van der Waals surface area contributed by atoms with Crippen LogP contribution in [-0.4, -0.2) is 34.3 Å². The van der Waals surface area contributed by atoms with Crippen molar-refractivity contribution in [3.63, 3.8) is 0 Å². The summed E-state index contributed by atoms with van der Waals surface area (Å²) in [5, 5.41) is 0. The van der Waals surface area contributed by atoms with Crippen LogP contribution in [0.2, 0.25) is 0 Å². The third kappa shape index (κ3) is 3.16. The fourth-order valence-corrected chi connectivity index (χ4v) is 4.49. The van der Waals surface area contributed by atoms with Gasteiger partial charge in [-0.1, -0.05) is 0 Å². The molecular weight excluding hydrogens is 264 g/mol. The normalized spacial score (nSPS) is 12.5. The van der Waals surface area contributed by atoms with Crippen LogP contribution in [0.5, 0.6) is 0 Å². The minimum Gasteiger partial charge on any atom is -0.261 e. The number of rotatable bonds is 3. The molecule has 0 atom stereocenters. The lowest BCUT2D eigenvalue weighted by Gasteiger charge is -2.21. The van der Waals surface area contributed by atoms with Crippen molar-refractivity contribution in [1.82, 2.24) is 4.98 Å². The SMILES string of the molecule is Cc1cc(N(S(C)(=O)=O)S(C)(=O)=O)c(C)cn1. The van der Waals surface area contributed by atoms with Gasteiger partial charge in [0.2, 0.25) is 20.0 Å². The average molecular weight is 278 g/mol. The van der Waals surface area contributed by atoms with E-state index in [0.717, 1.165) is 12.5 Å². The zero-order chi connectivity index (χ0) is 13.4. The molecule has 0 radical (unpaired) electrons. The Morgan fingerprint density at radius 3 is 1.94 bits per heavy atom. The van der Waals surface area contributed by atoms with Gasteiger partial charge in [0.15, 0.2) is 0 Å². The van der Waals surface area contributed by atoms with Crippen LogP contribution in [0.25, 0.3) is 0 Å². The lowest BCUT2D eigenvalue weighted by atomic mass is 10.2. The van der Waals surface area contributed by atoms with Crippen molar-refractivity contribution in [2.45, 2.75) is 13.8 Å². The quantitative estimate of drug-likeness (QED) is 0.800. The molecule has 1 aromatic heterocycles. The van der Waals surface area contributed by atoms with E-state index in [4.69, 9.17) is 0 Å². The van der Waals surface area contributed by atoms with Gasteiger partial charge in [0.1, 0.15) is 0 Å². The van der Waals surface area contributed by atoms with Crippen molar-refractivity contribution >= 4 is 25.7 Å². The summed E-state index contributed by atoms with van der Waals surface area (Å²) >= 11 is 0. The second-order valence-electron chi connectivity index (χ2n) is 3.84. The van der Waals surface area contributed by atoms with Gasteiger partial charge in [-0.3, -0.25) is 4.98 Å². The van der Waals surface area contributed by atoms with Crippen LogP contribution >= 0.6 is 0 Å². The fraction of sp³-hybridized carbons (Fsp3) is 0.444. The van der Waals surface area contributed by atoms with Crippen LogP contribution in [0.3, 0.4) is 0 Å². The topological polar surface area (TPSA) is 84.4 Å². The van der Waals surface area contributed by atoms with Crippen molar-refractivity contribution < 1.29 is 16.8 Å². The minimum atomic E-state index is -3.90.